The van der Waals surface area contributed by atoms with Crippen LogP contribution >= 0.6 is 0 Å². The minimum Gasteiger partial charge on any atom is -0.307 e. The molecule has 1 unspecified atom stereocenters. The standard InChI is InChI=1S/C11H17NO/c1-2-3-8-11(13)10-7-5-4-6-9-12-10/h1,10,12H,3-9H2. The number of hydrogen-bond acceptors (Lipinski definition) is 2. The molecule has 0 amide bonds. The summed E-state index contributed by atoms with van der Waals surface area (Å²) >= 11 is 0. The molecule has 1 aliphatic rings. The maximum atomic E-state index is 11.6. The van der Waals surface area contributed by atoms with E-state index in [2.05, 4.69) is 11.2 Å². The van der Waals surface area contributed by atoms with Crippen molar-refractivity contribution in [3.8, 4) is 12.3 Å². The van der Waals surface area contributed by atoms with Gasteiger partial charge in [-0.15, -0.1) is 12.3 Å². The van der Waals surface area contributed by atoms with Crippen LogP contribution in [0.1, 0.15) is 38.5 Å². The number of ketones is 1. The largest absolute Gasteiger partial charge is 0.307 e. The summed E-state index contributed by atoms with van der Waals surface area (Å²) in [4.78, 5) is 11.6. The van der Waals surface area contributed by atoms with E-state index in [0.29, 0.717) is 18.6 Å². The monoisotopic (exact) mass is 179 g/mol. The second-order valence-electron chi connectivity index (χ2n) is 3.53. The van der Waals surface area contributed by atoms with E-state index in [1.54, 1.807) is 0 Å². The summed E-state index contributed by atoms with van der Waals surface area (Å²) < 4.78 is 0. The number of Topliss-reactive ketones (excluding diaryl/α,β-unsaturated/α-hetero) is 1. The molecule has 1 fully saturated rings. The quantitative estimate of drug-likeness (QED) is 0.665. The van der Waals surface area contributed by atoms with Crippen LogP contribution in [0.15, 0.2) is 0 Å². The Labute approximate surface area is 80.1 Å². The topological polar surface area (TPSA) is 29.1 Å². The van der Waals surface area contributed by atoms with Crippen LogP contribution in [-0.2, 0) is 4.79 Å². The van der Waals surface area contributed by atoms with Crippen LogP contribution < -0.4 is 5.32 Å². The summed E-state index contributed by atoms with van der Waals surface area (Å²) in [6.45, 7) is 0.979. The fourth-order valence-corrected chi connectivity index (χ4v) is 1.67. The number of hydrogen-bond donors (Lipinski definition) is 1. The Morgan fingerprint density at radius 2 is 2.31 bits per heavy atom. The maximum absolute atomic E-state index is 11.6. The van der Waals surface area contributed by atoms with Gasteiger partial charge in [0.1, 0.15) is 0 Å². The number of nitrogens with one attached hydrogen (secondary N) is 1. The van der Waals surface area contributed by atoms with Crippen LogP contribution in [-0.4, -0.2) is 18.4 Å². The molecule has 0 spiro atoms. The van der Waals surface area contributed by atoms with Gasteiger partial charge in [0.2, 0.25) is 0 Å². The van der Waals surface area contributed by atoms with Crippen molar-refractivity contribution in [3.63, 3.8) is 0 Å². The SMILES string of the molecule is C#CCCC(=O)C1CCCCCN1. The average Bonchev–Trinajstić information content (AvgIpc) is 2.42. The highest BCUT2D eigenvalue weighted by atomic mass is 16.1. The van der Waals surface area contributed by atoms with Crippen LogP contribution in [0.2, 0.25) is 0 Å². The predicted molar refractivity (Wildman–Crippen MR) is 53.3 cm³/mol. The number of carbonyl (C=O) groups is 1. The number of terminal acetylenes is 1. The molecule has 1 N–H and O–H groups in total. The van der Waals surface area contributed by atoms with E-state index in [1.807, 2.05) is 0 Å². The van der Waals surface area contributed by atoms with Crippen molar-refractivity contribution in [1.29, 1.82) is 0 Å². The Bertz CT molecular complexity index is 197. The minimum atomic E-state index is 0.0795. The third kappa shape index (κ3) is 3.61. The fraction of sp³-hybridized carbons (Fsp3) is 0.727. The molecule has 1 heterocycles. The van der Waals surface area contributed by atoms with E-state index in [9.17, 15) is 4.79 Å². The van der Waals surface area contributed by atoms with E-state index < -0.39 is 0 Å². The molecular weight excluding hydrogens is 162 g/mol. The molecule has 2 heteroatoms. The van der Waals surface area contributed by atoms with Gasteiger partial charge in [0.05, 0.1) is 6.04 Å². The van der Waals surface area contributed by atoms with Gasteiger partial charge in [-0.1, -0.05) is 12.8 Å². The first-order chi connectivity index (χ1) is 6.34. The molecule has 13 heavy (non-hydrogen) atoms. The maximum Gasteiger partial charge on any atom is 0.150 e. The number of carbonyl (C=O) groups excluding carboxylic acids is 1. The second kappa shape index (κ2) is 5.77. The van der Waals surface area contributed by atoms with E-state index >= 15 is 0 Å². The molecule has 0 aliphatic carbocycles. The molecule has 0 aromatic carbocycles. The highest BCUT2D eigenvalue weighted by molar-refractivity contribution is 5.84. The van der Waals surface area contributed by atoms with Gasteiger partial charge in [0, 0.05) is 12.8 Å². The molecule has 0 bridgehead atoms. The lowest BCUT2D eigenvalue weighted by atomic mass is 10.0. The molecule has 2 nitrogen and oxygen atoms in total. The van der Waals surface area contributed by atoms with Gasteiger partial charge in [0.25, 0.3) is 0 Å². The molecule has 0 aromatic rings. The van der Waals surface area contributed by atoms with E-state index in [-0.39, 0.29) is 6.04 Å². The smallest absolute Gasteiger partial charge is 0.150 e. The third-order valence-electron chi connectivity index (χ3n) is 2.46. The molecule has 0 saturated carbocycles. The lowest BCUT2D eigenvalue weighted by Crippen LogP contribution is -2.35. The predicted octanol–water partition coefficient (Wildman–Crippen LogP) is 1.50. The zero-order valence-corrected chi connectivity index (χ0v) is 8.01. The lowest BCUT2D eigenvalue weighted by Gasteiger charge is -2.13. The minimum absolute atomic E-state index is 0.0795. The highest BCUT2D eigenvalue weighted by Crippen LogP contribution is 2.10. The molecule has 1 atom stereocenters. The van der Waals surface area contributed by atoms with Crippen molar-refractivity contribution >= 4 is 5.78 Å². The average molecular weight is 179 g/mol. The first-order valence-corrected chi connectivity index (χ1v) is 5.04. The van der Waals surface area contributed by atoms with Gasteiger partial charge in [-0.05, 0) is 19.4 Å². The van der Waals surface area contributed by atoms with Gasteiger partial charge in [0.15, 0.2) is 5.78 Å². The molecule has 1 rings (SSSR count). The van der Waals surface area contributed by atoms with Crippen LogP contribution in [0.5, 0.6) is 0 Å². The summed E-state index contributed by atoms with van der Waals surface area (Å²) in [5, 5.41) is 3.27. The zero-order chi connectivity index (χ0) is 9.52. The molecule has 72 valence electrons. The summed E-state index contributed by atoms with van der Waals surface area (Å²) in [6, 6.07) is 0.0795. The van der Waals surface area contributed by atoms with Crippen molar-refractivity contribution < 1.29 is 4.79 Å². The Morgan fingerprint density at radius 1 is 1.46 bits per heavy atom. The van der Waals surface area contributed by atoms with Crippen molar-refractivity contribution in [1.82, 2.24) is 5.32 Å². The first kappa shape index (κ1) is 10.3. The van der Waals surface area contributed by atoms with Gasteiger partial charge in [-0.2, -0.15) is 0 Å². The van der Waals surface area contributed by atoms with Gasteiger partial charge in [-0.25, -0.2) is 0 Å². The van der Waals surface area contributed by atoms with Crippen LogP contribution in [0, 0.1) is 12.3 Å². The van der Waals surface area contributed by atoms with E-state index in [4.69, 9.17) is 6.42 Å². The second-order valence-corrected chi connectivity index (χ2v) is 3.53. The van der Waals surface area contributed by atoms with Crippen molar-refractivity contribution in [2.45, 2.75) is 44.6 Å². The first-order valence-electron chi connectivity index (χ1n) is 5.04. The summed E-state index contributed by atoms with van der Waals surface area (Å²) in [6.07, 6.45) is 10.8. The summed E-state index contributed by atoms with van der Waals surface area (Å²) in [5.74, 6) is 2.80. The van der Waals surface area contributed by atoms with Gasteiger partial charge < -0.3 is 5.32 Å². The molecule has 0 radical (unpaired) electrons. The van der Waals surface area contributed by atoms with Crippen molar-refractivity contribution in [3.05, 3.63) is 0 Å². The van der Waals surface area contributed by atoms with Crippen molar-refractivity contribution in [2.24, 2.45) is 0 Å². The van der Waals surface area contributed by atoms with E-state index in [0.717, 1.165) is 13.0 Å². The molecule has 1 aliphatic heterocycles. The van der Waals surface area contributed by atoms with E-state index in [1.165, 1.54) is 19.3 Å². The number of rotatable bonds is 3. The zero-order valence-electron chi connectivity index (χ0n) is 8.01. The van der Waals surface area contributed by atoms with Crippen LogP contribution in [0.25, 0.3) is 0 Å². The lowest BCUT2D eigenvalue weighted by molar-refractivity contribution is -0.121. The van der Waals surface area contributed by atoms with Crippen molar-refractivity contribution in [2.75, 3.05) is 6.54 Å². The third-order valence-corrected chi connectivity index (χ3v) is 2.46. The highest BCUT2D eigenvalue weighted by Gasteiger charge is 2.18. The van der Waals surface area contributed by atoms with Gasteiger partial charge >= 0.3 is 0 Å². The Hall–Kier alpha value is -0.810. The van der Waals surface area contributed by atoms with Crippen LogP contribution in [0.4, 0.5) is 0 Å². The van der Waals surface area contributed by atoms with Gasteiger partial charge in [-0.3, -0.25) is 4.79 Å². The molecular formula is C11H17NO. The summed E-state index contributed by atoms with van der Waals surface area (Å²) in [7, 11) is 0. The summed E-state index contributed by atoms with van der Waals surface area (Å²) in [5.41, 5.74) is 0. The Balaban J connectivity index is 2.31. The Morgan fingerprint density at radius 3 is 3.08 bits per heavy atom. The van der Waals surface area contributed by atoms with Crippen LogP contribution in [0.3, 0.4) is 0 Å². The fourth-order valence-electron chi connectivity index (χ4n) is 1.67. The molecule has 0 aromatic heterocycles. The molecule has 1 saturated heterocycles. The normalized spacial score (nSPS) is 23.2. The Kier molecular flexibility index (Phi) is 4.56.